The standard InChI is InChI=1S/C13H9N3O3/c17-9-3-1-2-8(6-9)10-7-14-16-5-4-11(13(18)19)15-12(10)16/h1-7,17H,(H,18,19). The molecule has 6 nitrogen and oxygen atoms in total. The van der Waals surface area contributed by atoms with Crippen LogP contribution in [0, 0.1) is 0 Å². The van der Waals surface area contributed by atoms with Crippen molar-refractivity contribution in [3.8, 4) is 16.9 Å². The molecule has 0 saturated heterocycles. The SMILES string of the molecule is O=C(O)c1ccn2ncc(-c3cccc(O)c3)c2n1. The second-order valence-electron chi connectivity index (χ2n) is 3.99. The van der Waals surface area contributed by atoms with Crippen molar-refractivity contribution in [3.63, 3.8) is 0 Å². The van der Waals surface area contributed by atoms with Crippen LogP contribution in [0.3, 0.4) is 0 Å². The van der Waals surface area contributed by atoms with Gasteiger partial charge < -0.3 is 10.2 Å². The lowest BCUT2D eigenvalue weighted by Crippen LogP contribution is -2.02. The van der Waals surface area contributed by atoms with Crippen LogP contribution in [0.1, 0.15) is 10.5 Å². The van der Waals surface area contributed by atoms with Gasteiger partial charge in [-0.25, -0.2) is 14.3 Å². The van der Waals surface area contributed by atoms with E-state index in [-0.39, 0.29) is 11.4 Å². The van der Waals surface area contributed by atoms with E-state index < -0.39 is 5.97 Å². The number of hydrogen-bond acceptors (Lipinski definition) is 4. The minimum Gasteiger partial charge on any atom is -0.508 e. The summed E-state index contributed by atoms with van der Waals surface area (Å²) < 4.78 is 1.49. The summed E-state index contributed by atoms with van der Waals surface area (Å²) in [5, 5.41) is 22.5. The highest BCUT2D eigenvalue weighted by molar-refractivity contribution is 5.87. The number of phenols is 1. The first-order valence-corrected chi connectivity index (χ1v) is 5.52. The monoisotopic (exact) mass is 255 g/mol. The molecule has 0 aliphatic heterocycles. The lowest BCUT2D eigenvalue weighted by Gasteiger charge is -2.00. The number of carbonyl (C=O) groups is 1. The van der Waals surface area contributed by atoms with Crippen molar-refractivity contribution in [2.45, 2.75) is 0 Å². The molecule has 0 saturated carbocycles. The Morgan fingerprint density at radius 3 is 2.84 bits per heavy atom. The molecule has 2 N–H and O–H groups in total. The van der Waals surface area contributed by atoms with Crippen LogP contribution in [0.25, 0.3) is 16.8 Å². The van der Waals surface area contributed by atoms with E-state index in [1.54, 1.807) is 30.5 Å². The highest BCUT2D eigenvalue weighted by Crippen LogP contribution is 2.26. The predicted molar refractivity (Wildman–Crippen MR) is 67.0 cm³/mol. The Bertz CT molecular complexity index is 780. The van der Waals surface area contributed by atoms with E-state index in [1.807, 2.05) is 0 Å². The molecule has 2 aromatic heterocycles. The van der Waals surface area contributed by atoms with Crippen molar-refractivity contribution in [1.29, 1.82) is 0 Å². The number of aromatic carboxylic acids is 1. The lowest BCUT2D eigenvalue weighted by atomic mass is 10.1. The van der Waals surface area contributed by atoms with Crippen LogP contribution in [0.2, 0.25) is 0 Å². The molecule has 0 amide bonds. The summed E-state index contributed by atoms with van der Waals surface area (Å²) in [5.41, 5.74) is 1.78. The minimum absolute atomic E-state index is 0.0468. The van der Waals surface area contributed by atoms with Crippen molar-refractivity contribution in [1.82, 2.24) is 14.6 Å². The maximum Gasteiger partial charge on any atom is 0.354 e. The molecule has 0 unspecified atom stereocenters. The van der Waals surface area contributed by atoms with Gasteiger partial charge in [-0.3, -0.25) is 0 Å². The number of benzene rings is 1. The van der Waals surface area contributed by atoms with Crippen molar-refractivity contribution >= 4 is 11.6 Å². The number of carboxylic acids is 1. The summed E-state index contributed by atoms with van der Waals surface area (Å²) in [6.45, 7) is 0. The van der Waals surface area contributed by atoms with Gasteiger partial charge in [-0.05, 0) is 23.8 Å². The fraction of sp³-hybridized carbons (Fsp3) is 0. The fourth-order valence-electron chi connectivity index (χ4n) is 1.87. The molecule has 0 radical (unpaired) electrons. The zero-order valence-corrected chi connectivity index (χ0v) is 9.69. The number of fused-ring (bicyclic) bond motifs is 1. The number of carboxylic acid groups (broad SMARTS) is 1. The van der Waals surface area contributed by atoms with Gasteiger partial charge in [0.25, 0.3) is 0 Å². The van der Waals surface area contributed by atoms with Crippen molar-refractivity contribution in [2.24, 2.45) is 0 Å². The number of nitrogens with zero attached hydrogens (tertiary/aromatic N) is 3. The average Bonchev–Trinajstić information content (AvgIpc) is 2.81. The van der Waals surface area contributed by atoms with Crippen LogP contribution in [0.15, 0.2) is 42.7 Å². The Hall–Kier alpha value is -2.89. The molecule has 0 atom stereocenters. The minimum atomic E-state index is -1.09. The van der Waals surface area contributed by atoms with Gasteiger partial charge in [0.05, 0.1) is 6.20 Å². The summed E-state index contributed by atoms with van der Waals surface area (Å²) in [6, 6.07) is 8.02. The molecule has 6 heteroatoms. The summed E-state index contributed by atoms with van der Waals surface area (Å²) in [7, 11) is 0. The number of aromatic hydroxyl groups is 1. The Morgan fingerprint density at radius 2 is 2.11 bits per heavy atom. The van der Waals surface area contributed by atoms with E-state index in [9.17, 15) is 9.90 Å². The summed E-state index contributed by atoms with van der Waals surface area (Å²) in [6.07, 6.45) is 3.13. The first kappa shape index (κ1) is 11.2. The lowest BCUT2D eigenvalue weighted by molar-refractivity contribution is 0.0690. The zero-order chi connectivity index (χ0) is 13.4. The Balaban J connectivity index is 2.24. The van der Waals surface area contributed by atoms with E-state index in [4.69, 9.17) is 5.11 Å². The Morgan fingerprint density at radius 1 is 1.26 bits per heavy atom. The molecule has 19 heavy (non-hydrogen) atoms. The molecule has 0 fully saturated rings. The summed E-state index contributed by atoms with van der Waals surface area (Å²) in [4.78, 5) is 15.0. The average molecular weight is 255 g/mol. The molecule has 0 spiro atoms. The molecule has 0 aliphatic carbocycles. The van der Waals surface area contributed by atoms with E-state index in [0.717, 1.165) is 5.56 Å². The van der Waals surface area contributed by atoms with Crippen LogP contribution >= 0.6 is 0 Å². The molecular formula is C13H9N3O3. The maximum absolute atomic E-state index is 10.9. The topological polar surface area (TPSA) is 87.7 Å². The van der Waals surface area contributed by atoms with Crippen molar-refractivity contribution in [3.05, 3.63) is 48.4 Å². The highest BCUT2D eigenvalue weighted by Gasteiger charge is 2.12. The van der Waals surface area contributed by atoms with E-state index in [1.165, 1.54) is 16.8 Å². The van der Waals surface area contributed by atoms with Gasteiger partial charge in [-0.15, -0.1) is 0 Å². The molecule has 3 aromatic rings. The van der Waals surface area contributed by atoms with Gasteiger partial charge in [0.1, 0.15) is 5.75 Å². The molecule has 0 aliphatic rings. The van der Waals surface area contributed by atoms with Gasteiger partial charge in [0.2, 0.25) is 0 Å². The van der Waals surface area contributed by atoms with Crippen LogP contribution in [0.4, 0.5) is 0 Å². The third-order valence-electron chi connectivity index (χ3n) is 2.75. The van der Waals surface area contributed by atoms with Gasteiger partial charge >= 0.3 is 5.97 Å². The van der Waals surface area contributed by atoms with Crippen LogP contribution in [0.5, 0.6) is 5.75 Å². The largest absolute Gasteiger partial charge is 0.508 e. The molecule has 94 valence electrons. The molecular weight excluding hydrogens is 246 g/mol. The normalized spacial score (nSPS) is 10.7. The first-order valence-electron chi connectivity index (χ1n) is 5.52. The van der Waals surface area contributed by atoms with Gasteiger partial charge in [0.15, 0.2) is 11.3 Å². The van der Waals surface area contributed by atoms with Gasteiger partial charge in [0, 0.05) is 11.8 Å². The van der Waals surface area contributed by atoms with E-state index in [2.05, 4.69) is 10.1 Å². The van der Waals surface area contributed by atoms with Gasteiger partial charge in [-0.1, -0.05) is 12.1 Å². The smallest absolute Gasteiger partial charge is 0.354 e. The second-order valence-corrected chi connectivity index (χ2v) is 3.99. The fourth-order valence-corrected chi connectivity index (χ4v) is 1.87. The molecule has 3 rings (SSSR count). The molecule has 0 bridgehead atoms. The van der Waals surface area contributed by atoms with Crippen molar-refractivity contribution < 1.29 is 15.0 Å². The first-order chi connectivity index (χ1) is 9.15. The second kappa shape index (κ2) is 4.09. The zero-order valence-electron chi connectivity index (χ0n) is 9.69. The van der Waals surface area contributed by atoms with Crippen LogP contribution in [-0.2, 0) is 0 Å². The van der Waals surface area contributed by atoms with E-state index >= 15 is 0 Å². The number of phenolic OH excluding ortho intramolecular Hbond substituents is 1. The maximum atomic E-state index is 10.9. The Labute approximate surface area is 107 Å². The van der Waals surface area contributed by atoms with Crippen LogP contribution < -0.4 is 0 Å². The third kappa shape index (κ3) is 1.89. The number of rotatable bonds is 2. The van der Waals surface area contributed by atoms with Crippen molar-refractivity contribution in [2.75, 3.05) is 0 Å². The quantitative estimate of drug-likeness (QED) is 0.729. The molecule has 2 heterocycles. The summed E-state index contributed by atoms with van der Waals surface area (Å²) >= 11 is 0. The predicted octanol–water partition coefficient (Wildman–Crippen LogP) is 1.80. The number of aromatic nitrogens is 3. The van der Waals surface area contributed by atoms with E-state index in [0.29, 0.717) is 11.2 Å². The number of hydrogen-bond donors (Lipinski definition) is 2. The highest BCUT2D eigenvalue weighted by atomic mass is 16.4. The summed E-state index contributed by atoms with van der Waals surface area (Å²) in [5.74, 6) is -0.961. The van der Waals surface area contributed by atoms with Crippen LogP contribution in [-0.4, -0.2) is 30.8 Å². The Kier molecular flexibility index (Phi) is 2.42. The third-order valence-corrected chi connectivity index (χ3v) is 2.75. The van der Waals surface area contributed by atoms with Gasteiger partial charge in [-0.2, -0.15) is 5.10 Å². The molecule has 1 aromatic carbocycles.